The van der Waals surface area contributed by atoms with Gasteiger partial charge in [-0.05, 0) is 35.9 Å². The zero-order valence-corrected chi connectivity index (χ0v) is 10.9. The van der Waals surface area contributed by atoms with Crippen molar-refractivity contribution in [2.45, 2.75) is 0 Å². The van der Waals surface area contributed by atoms with Crippen molar-refractivity contribution < 1.29 is 4.79 Å². The maximum absolute atomic E-state index is 11.7. The Balaban J connectivity index is 2.02. The van der Waals surface area contributed by atoms with Crippen LogP contribution < -0.4 is 11.1 Å². The molecule has 0 unspecified atom stereocenters. The van der Waals surface area contributed by atoms with Crippen molar-refractivity contribution in [1.82, 2.24) is 0 Å². The molecule has 0 heterocycles. The fourth-order valence-electron chi connectivity index (χ4n) is 1.54. The molecule has 1 amide bonds. The highest BCUT2D eigenvalue weighted by Crippen LogP contribution is 2.20. The summed E-state index contributed by atoms with van der Waals surface area (Å²) in [5.41, 5.74) is 7.76. The Morgan fingerprint density at radius 3 is 2.58 bits per heavy atom. The summed E-state index contributed by atoms with van der Waals surface area (Å²) in [5, 5.41) is 3.26. The summed E-state index contributed by atoms with van der Waals surface area (Å²) in [6, 6.07) is 14.5. The number of nitrogen functional groups attached to an aromatic ring is 1. The smallest absolute Gasteiger partial charge is 0.248 e. The lowest BCUT2D eigenvalue weighted by atomic mass is 10.2. The van der Waals surface area contributed by atoms with Crippen LogP contribution >= 0.6 is 11.6 Å². The van der Waals surface area contributed by atoms with Crippen LogP contribution in [0.15, 0.2) is 54.6 Å². The second-order valence-electron chi connectivity index (χ2n) is 3.97. The number of hydrogen-bond acceptors (Lipinski definition) is 2. The largest absolute Gasteiger partial charge is 0.398 e. The maximum Gasteiger partial charge on any atom is 0.248 e. The van der Waals surface area contributed by atoms with E-state index in [4.69, 9.17) is 17.3 Å². The number of rotatable bonds is 3. The fourth-order valence-corrected chi connectivity index (χ4v) is 1.66. The quantitative estimate of drug-likeness (QED) is 0.663. The van der Waals surface area contributed by atoms with Crippen LogP contribution in [0.25, 0.3) is 6.08 Å². The highest BCUT2D eigenvalue weighted by atomic mass is 35.5. The Morgan fingerprint density at radius 1 is 1.16 bits per heavy atom. The average Bonchev–Trinajstić information content (AvgIpc) is 2.41. The molecule has 0 saturated carbocycles. The molecule has 0 spiro atoms. The van der Waals surface area contributed by atoms with Crippen molar-refractivity contribution in [3.8, 4) is 0 Å². The summed E-state index contributed by atoms with van der Waals surface area (Å²) in [4.78, 5) is 11.7. The molecule has 0 bridgehead atoms. The van der Waals surface area contributed by atoms with E-state index in [1.54, 1.807) is 24.3 Å². The topological polar surface area (TPSA) is 55.1 Å². The minimum absolute atomic E-state index is 0.195. The van der Waals surface area contributed by atoms with Crippen LogP contribution in [0.1, 0.15) is 5.56 Å². The van der Waals surface area contributed by atoms with E-state index < -0.39 is 0 Å². The van der Waals surface area contributed by atoms with Gasteiger partial charge in [0.2, 0.25) is 5.91 Å². The van der Waals surface area contributed by atoms with Gasteiger partial charge in [-0.15, -0.1) is 0 Å². The summed E-state index contributed by atoms with van der Waals surface area (Å²) in [6.07, 6.45) is 3.14. The van der Waals surface area contributed by atoms with E-state index in [9.17, 15) is 4.79 Å². The Morgan fingerprint density at radius 2 is 1.89 bits per heavy atom. The predicted octanol–water partition coefficient (Wildman–Crippen LogP) is 3.57. The summed E-state index contributed by atoms with van der Waals surface area (Å²) in [5.74, 6) is -0.195. The first-order valence-electron chi connectivity index (χ1n) is 5.74. The summed E-state index contributed by atoms with van der Waals surface area (Å²) in [6.45, 7) is 0. The third-order valence-corrected chi connectivity index (χ3v) is 2.83. The molecule has 0 aliphatic heterocycles. The molecular formula is C15H13ClN2O. The molecule has 0 aromatic heterocycles. The van der Waals surface area contributed by atoms with Crippen molar-refractivity contribution >= 4 is 35.0 Å². The van der Waals surface area contributed by atoms with Gasteiger partial charge in [-0.25, -0.2) is 0 Å². The van der Waals surface area contributed by atoms with Gasteiger partial charge in [0.05, 0.1) is 10.7 Å². The van der Waals surface area contributed by atoms with Crippen molar-refractivity contribution in [2.24, 2.45) is 0 Å². The van der Waals surface area contributed by atoms with E-state index in [0.717, 1.165) is 11.3 Å². The molecule has 0 radical (unpaired) electrons. The van der Waals surface area contributed by atoms with Gasteiger partial charge in [-0.2, -0.15) is 0 Å². The Hall–Kier alpha value is -2.26. The molecular weight excluding hydrogens is 260 g/mol. The number of para-hydroxylation sites is 1. The number of nitrogens with two attached hydrogens (primary N) is 1. The molecule has 0 saturated heterocycles. The molecule has 96 valence electrons. The third-order valence-electron chi connectivity index (χ3n) is 2.49. The highest BCUT2D eigenvalue weighted by molar-refractivity contribution is 6.33. The summed E-state index contributed by atoms with van der Waals surface area (Å²) < 4.78 is 0. The van der Waals surface area contributed by atoms with Crippen LogP contribution in [0.2, 0.25) is 5.02 Å². The monoisotopic (exact) mass is 272 g/mol. The number of halogens is 1. The summed E-state index contributed by atoms with van der Waals surface area (Å²) in [7, 11) is 0. The lowest BCUT2D eigenvalue weighted by Gasteiger charge is -2.01. The second kappa shape index (κ2) is 6.07. The molecule has 4 heteroatoms. The number of nitrogens with one attached hydrogen (secondary N) is 1. The molecule has 2 rings (SSSR count). The Labute approximate surface area is 116 Å². The van der Waals surface area contributed by atoms with Crippen LogP contribution in [0, 0.1) is 0 Å². The first-order chi connectivity index (χ1) is 9.15. The van der Waals surface area contributed by atoms with Crippen LogP contribution in [0.3, 0.4) is 0 Å². The molecule has 0 fully saturated rings. The van der Waals surface area contributed by atoms with Gasteiger partial charge in [0.15, 0.2) is 0 Å². The van der Waals surface area contributed by atoms with Crippen molar-refractivity contribution in [3.05, 3.63) is 65.2 Å². The molecule has 2 aromatic carbocycles. The molecule has 3 N–H and O–H groups in total. The number of anilines is 2. The van der Waals surface area contributed by atoms with Crippen LogP contribution in [0.5, 0.6) is 0 Å². The maximum atomic E-state index is 11.7. The van der Waals surface area contributed by atoms with Gasteiger partial charge in [0.1, 0.15) is 0 Å². The first-order valence-corrected chi connectivity index (χ1v) is 6.12. The van der Waals surface area contributed by atoms with E-state index in [1.165, 1.54) is 6.08 Å². The molecule has 0 atom stereocenters. The van der Waals surface area contributed by atoms with Crippen molar-refractivity contribution in [2.75, 3.05) is 11.1 Å². The van der Waals surface area contributed by atoms with Gasteiger partial charge in [0.25, 0.3) is 0 Å². The standard InChI is InChI=1S/C15H13ClN2O/c16-13-8-6-11(10-14(13)17)7-9-15(19)18-12-4-2-1-3-5-12/h1-10H,17H2,(H,18,19)/b9-7+. The predicted molar refractivity (Wildman–Crippen MR) is 80.0 cm³/mol. The molecule has 19 heavy (non-hydrogen) atoms. The van der Waals surface area contributed by atoms with E-state index in [-0.39, 0.29) is 5.91 Å². The molecule has 0 aliphatic rings. The number of hydrogen-bond donors (Lipinski definition) is 2. The molecule has 0 aliphatic carbocycles. The normalized spacial score (nSPS) is 10.6. The minimum atomic E-state index is -0.195. The first kappa shape index (κ1) is 13.2. The number of carbonyl (C=O) groups excluding carboxylic acids is 1. The molecule has 2 aromatic rings. The Kier molecular flexibility index (Phi) is 4.21. The van der Waals surface area contributed by atoms with Gasteiger partial charge in [-0.1, -0.05) is 35.9 Å². The lowest BCUT2D eigenvalue weighted by molar-refractivity contribution is -0.111. The number of carbonyl (C=O) groups is 1. The fraction of sp³-hybridized carbons (Fsp3) is 0. The second-order valence-corrected chi connectivity index (χ2v) is 4.38. The minimum Gasteiger partial charge on any atom is -0.398 e. The van der Waals surface area contributed by atoms with E-state index in [1.807, 2.05) is 30.3 Å². The number of benzene rings is 2. The van der Waals surface area contributed by atoms with E-state index >= 15 is 0 Å². The summed E-state index contributed by atoms with van der Waals surface area (Å²) >= 11 is 5.82. The third kappa shape index (κ3) is 3.86. The SMILES string of the molecule is Nc1cc(/C=C/C(=O)Nc2ccccc2)ccc1Cl. The van der Waals surface area contributed by atoms with E-state index in [0.29, 0.717) is 10.7 Å². The van der Waals surface area contributed by atoms with Crippen LogP contribution in [-0.2, 0) is 4.79 Å². The van der Waals surface area contributed by atoms with Crippen molar-refractivity contribution in [1.29, 1.82) is 0 Å². The Bertz CT molecular complexity index is 609. The zero-order chi connectivity index (χ0) is 13.7. The average molecular weight is 273 g/mol. The van der Waals surface area contributed by atoms with Gasteiger partial charge < -0.3 is 11.1 Å². The van der Waals surface area contributed by atoms with E-state index in [2.05, 4.69) is 5.32 Å². The van der Waals surface area contributed by atoms with Crippen LogP contribution in [0.4, 0.5) is 11.4 Å². The zero-order valence-electron chi connectivity index (χ0n) is 10.1. The molecule has 3 nitrogen and oxygen atoms in total. The lowest BCUT2D eigenvalue weighted by Crippen LogP contribution is -2.07. The van der Waals surface area contributed by atoms with Gasteiger partial charge >= 0.3 is 0 Å². The van der Waals surface area contributed by atoms with Crippen molar-refractivity contribution in [3.63, 3.8) is 0 Å². The van der Waals surface area contributed by atoms with Crippen LogP contribution in [-0.4, -0.2) is 5.91 Å². The highest BCUT2D eigenvalue weighted by Gasteiger charge is 1.98. The number of amides is 1. The van der Waals surface area contributed by atoms with Gasteiger partial charge in [0, 0.05) is 11.8 Å². The van der Waals surface area contributed by atoms with Gasteiger partial charge in [-0.3, -0.25) is 4.79 Å².